The summed E-state index contributed by atoms with van der Waals surface area (Å²) < 4.78 is 11.1. The number of carbonyl (C=O) groups is 2. The molecule has 0 aliphatic rings. The van der Waals surface area contributed by atoms with E-state index in [1.54, 1.807) is 7.11 Å². The summed E-state index contributed by atoms with van der Waals surface area (Å²) in [6, 6.07) is 8.55. The molecule has 1 heterocycles. The summed E-state index contributed by atoms with van der Waals surface area (Å²) >= 11 is 3.40. The molecule has 0 aliphatic heterocycles. The summed E-state index contributed by atoms with van der Waals surface area (Å²) in [5, 5.41) is 11.4. The van der Waals surface area contributed by atoms with Crippen LogP contribution in [0.5, 0.6) is 5.75 Å². The molecule has 2 rings (SSSR count). The van der Waals surface area contributed by atoms with Crippen molar-refractivity contribution in [1.29, 1.82) is 0 Å². The average molecular weight is 382 g/mol. The molecule has 0 saturated carbocycles. The van der Waals surface area contributed by atoms with Crippen molar-refractivity contribution in [2.24, 2.45) is 0 Å². The molecule has 0 bridgehead atoms. The van der Waals surface area contributed by atoms with Gasteiger partial charge in [-0.2, -0.15) is 0 Å². The molecule has 0 atom stereocenters. The van der Waals surface area contributed by atoms with Crippen LogP contribution in [0.25, 0.3) is 0 Å². The Bertz CT molecular complexity index is 710. The third kappa shape index (κ3) is 4.85. The van der Waals surface area contributed by atoms with Crippen molar-refractivity contribution in [1.82, 2.24) is 5.32 Å². The summed E-state index contributed by atoms with van der Waals surface area (Å²) in [5.41, 5.74) is 1.01. The van der Waals surface area contributed by atoms with Gasteiger partial charge in [-0.25, -0.2) is 4.79 Å². The van der Waals surface area contributed by atoms with Crippen molar-refractivity contribution in [3.8, 4) is 5.75 Å². The second-order valence-electron chi connectivity index (χ2n) is 4.82. The van der Waals surface area contributed by atoms with Crippen molar-refractivity contribution in [2.45, 2.75) is 19.4 Å². The van der Waals surface area contributed by atoms with E-state index in [1.165, 1.54) is 12.1 Å². The number of hydrogen-bond donors (Lipinski definition) is 2. The fourth-order valence-corrected chi connectivity index (χ4v) is 2.57. The number of ether oxygens (including phenoxy) is 1. The third-order valence-corrected chi connectivity index (χ3v) is 3.81. The lowest BCUT2D eigenvalue weighted by atomic mass is 10.1. The first-order valence-corrected chi connectivity index (χ1v) is 7.70. The first-order valence-electron chi connectivity index (χ1n) is 6.90. The maximum absolute atomic E-state index is 11.8. The van der Waals surface area contributed by atoms with Crippen molar-refractivity contribution in [3.05, 3.63) is 51.9 Å². The number of carboxylic acid groups (broad SMARTS) is 1. The third-order valence-electron chi connectivity index (χ3n) is 3.19. The van der Waals surface area contributed by atoms with Crippen molar-refractivity contribution >= 4 is 27.8 Å². The number of carbonyl (C=O) groups excluding carboxylic acids is 1. The molecule has 23 heavy (non-hydrogen) atoms. The number of furan rings is 1. The van der Waals surface area contributed by atoms with Gasteiger partial charge >= 0.3 is 5.97 Å². The second kappa shape index (κ2) is 7.82. The van der Waals surface area contributed by atoms with Gasteiger partial charge in [0.1, 0.15) is 11.5 Å². The fourth-order valence-electron chi connectivity index (χ4n) is 1.99. The van der Waals surface area contributed by atoms with Crippen LogP contribution >= 0.6 is 15.9 Å². The Kier molecular flexibility index (Phi) is 5.81. The van der Waals surface area contributed by atoms with Crippen LogP contribution in [-0.4, -0.2) is 24.1 Å². The molecule has 1 amide bonds. The van der Waals surface area contributed by atoms with E-state index in [4.69, 9.17) is 14.3 Å². The molecule has 2 N–H and O–H groups in total. The highest BCUT2D eigenvalue weighted by Crippen LogP contribution is 2.25. The van der Waals surface area contributed by atoms with Gasteiger partial charge < -0.3 is 19.6 Å². The fraction of sp³-hybridized carbons (Fsp3) is 0.250. The molecular formula is C16H16BrNO5. The highest BCUT2D eigenvalue weighted by molar-refractivity contribution is 9.10. The number of halogens is 1. The number of methoxy groups -OCH3 is 1. The van der Waals surface area contributed by atoms with E-state index in [-0.39, 0.29) is 18.2 Å². The lowest BCUT2D eigenvalue weighted by molar-refractivity contribution is -0.121. The van der Waals surface area contributed by atoms with Gasteiger partial charge in [0, 0.05) is 6.42 Å². The maximum Gasteiger partial charge on any atom is 0.371 e. The van der Waals surface area contributed by atoms with E-state index in [0.29, 0.717) is 18.6 Å². The van der Waals surface area contributed by atoms with Crippen LogP contribution in [0.15, 0.2) is 39.2 Å². The predicted octanol–water partition coefficient (Wildman–Crippen LogP) is 3.00. The Morgan fingerprint density at radius 1 is 1.30 bits per heavy atom. The molecule has 1 aromatic carbocycles. The van der Waals surface area contributed by atoms with Crippen LogP contribution in [0.4, 0.5) is 0 Å². The molecule has 7 heteroatoms. The number of benzene rings is 1. The average Bonchev–Trinajstić information content (AvgIpc) is 3.00. The van der Waals surface area contributed by atoms with E-state index >= 15 is 0 Å². The summed E-state index contributed by atoms with van der Waals surface area (Å²) in [4.78, 5) is 22.5. The van der Waals surface area contributed by atoms with Gasteiger partial charge in [-0.3, -0.25) is 4.79 Å². The van der Waals surface area contributed by atoms with E-state index in [0.717, 1.165) is 15.8 Å². The number of hydrogen-bond acceptors (Lipinski definition) is 4. The molecule has 2 aromatic rings. The van der Waals surface area contributed by atoms with E-state index in [2.05, 4.69) is 21.2 Å². The van der Waals surface area contributed by atoms with E-state index in [1.807, 2.05) is 18.2 Å². The second-order valence-corrected chi connectivity index (χ2v) is 5.67. The van der Waals surface area contributed by atoms with Crippen LogP contribution in [0, 0.1) is 0 Å². The van der Waals surface area contributed by atoms with Gasteiger partial charge in [0.25, 0.3) is 0 Å². The standard InChI is InChI=1S/C16H16BrNO5/c1-22-13-5-2-10(8-12(13)17)3-7-15(19)18-9-11-4-6-14(23-11)16(20)21/h2,4-6,8H,3,7,9H2,1H3,(H,18,19)(H,20,21). The molecule has 0 saturated heterocycles. The lowest BCUT2D eigenvalue weighted by Crippen LogP contribution is -2.22. The van der Waals surface area contributed by atoms with Crippen LogP contribution < -0.4 is 10.1 Å². The van der Waals surface area contributed by atoms with E-state index < -0.39 is 5.97 Å². The van der Waals surface area contributed by atoms with Crippen LogP contribution in [0.1, 0.15) is 28.3 Å². The monoisotopic (exact) mass is 381 g/mol. The van der Waals surface area contributed by atoms with E-state index in [9.17, 15) is 9.59 Å². The van der Waals surface area contributed by atoms with Crippen molar-refractivity contribution < 1.29 is 23.8 Å². The van der Waals surface area contributed by atoms with Gasteiger partial charge in [0.15, 0.2) is 0 Å². The quantitative estimate of drug-likeness (QED) is 0.769. The number of rotatable bonds is 7. The molecule has 122 valence electrons. The Morgan fingerprint density at radius 2 is 2.09 bits per heavy atom. The van der Waals surface area contributed by atoms with Crippen molar-refractivity contribution in [2.75, 3.05) is 7.11 Å². The van der Waals surface area contributed by atoms with Crippen LogP contribution in [0.2, 0.25) is 0 Å². The Labute approximate surface area is 141 Å². The zero-order chi connectivity index (χ0) is 16.8. The summed E-state index contributed by atoms with van der Waals surface area (Å²) in [7, 11) is 1.59. The normalized spacial score (nSPS) is 10.3. The minimum absolute atomic E-state index is 0.134. The van der Waals surface area contributed by atoms with Gasteiger partial charge in [0.2, 0.25) is 11.7 Å². The summed E-state index contributed by atoms with van der Waals surface area (Å²) in [5.74, 6) is -0.261. The number of carboxylic acids is 1. The molecule has 1 aromatic heterocycles. The Hall–Kier alpha value is -2.28. The van der Waals surface area contributed by atoms with Crippen LogP contribution in [-0.2, 0) is 17.8 Å². The highest BCUT2D eigenvalue weighted by Gasteiger charge is 2.10. The minimum Gasteiger partial charge on any atom is -0.496 e. The molecule has 0 fully saturated rings. The molecule has 6 nitrogen and oxygen atoms in total. The predicted molar refractivity (Wildman–Crippen MR) is 86.5 cm³/mol. The minimum atomic E-state index is -1.13. The van der Waals surface area contributed by atoms with Crippen LogP contribution in [0.3, 0.4) is 0 Å². The molecule has 0 unspecified atom stereocenters. The van der Waals surface area contributed by atoms with Gasteiger partial charge in [0.05, 0.1) is 18.1 Å². The highest BCUT2D eigenvalue weighted by atomic mass is 79.9. The molecule has 0 spiro atoms. The van der Waals surface area contributed by atoms with Gasteiger partial charge in [-0.15, -0.1) is 0 Å². The lowest BCUT2D eigenvalue weighted by Gasteiger charge is -2.07. The number of amides is 1. The van der Waals surface area contributed by atoms with Gasteiger partial charge in [-0.05, 0) is 52.2 Å². The SMILES string of the molecule is COc1ccc(CCC(=O)NCc2ccc(C(=O)O)o2)cc1Br. The smallest absolute Gasteiger partial charge is 0.371 e. The first kappa shape index (κ1) is 17.1. The zero-order valence-electron chi connectivity index (χ0n) is 12.5. The summed E-state index contributed by atoms with van der Waals surface area (Å²) in [6.45, 7) is 0.165. The summed E-state index contributed by atoms with van der Waals surface area (Å²) in [6.07, 6.45) is 0.915. The topological polar surface area (TPSA) is 88.8 Å². The molecular weight excluding hydrogens is 366 g/mol. The number of aromatic carboxylic acids is 1. The number of nitrogens with one attached hydrogen (secondary N) is 1. The molecule has 0 radical (unpaired) electrons. The maximum atomic E-state index is 11.8. The van der Waals surface area contributed by atoms with Crippen molar-refractivity contribution in [3.63, 3.8) is 0 Å². The first-order chi connectivity index (χ1) is 11.0. The van der Waals surface area contributed by atoms with Gasteiger partial charge in [-0.1, -0.05) is 6.07 Å². The number of aryl methyl sites for hydroxylation is 1. The zero-order valence-corrected chi connectivity index (χ0v) is 14.1. The Balaban J connectivity index is 1.80. The largest absolute Gasteiger partial charge is 0.496 e. The Morgan fingerprint density at radius 3 is 2.70 bits per heavy atom. The molecule has 0 aliphatic carbocycles.